The molecule has 0 saturated carbocycles. The Morgan fingerprint density at radius 2 is 1.76 bits per heavy atom. The quantitative estimate of drug-likeness (QED) is 0.296. The second-order valence-corrected chi connectivity index (χ2v) is 9.24. The molecule has 0 aliphatic rings. The number of benzene rings is 2. The van der Waals surface area contributed by atoms with E-state index in [1.165, 1.54) is 18.2 Å². The van der Waals surface area contributed by atoms with E-state index in [1.807, 2.05) is 0 Å². The van der Waals surface area contributed by atoms with E-state index in [0.717, 1.165) is 11.8 Å². The summed E-state index contributed by atoms with van der Waals surface area (Å²) in [6.07, 6.45) is 1.74. The van der Waals surface area contributed by atoms with Crippen molar-refractivity contribution in [3.05, 3.63) is 69.0 Å². The fourth-order valence-corrected chi connectivity index (χ4v) is 4.09. The van der Waals surface area contributed by atoms with Crippen molar-refractivity contribution >= 4 is 63.0 Å². The van der Waals surface area contributed by atoms with Crippen LogP contribution in [0.15, 0.2) is 41.4 Å². The fraction of sp³-hybridized carbons (Fsp3) is 0.316. The minimum atomic E-state index is -3.23. The lowest BCUT2D eigenvalue weighted by Gasteiger charge is -2.15. The molecular formula is C19H23Cl2FIN3O2S. The predicted octanol–water partition coefficient (Wildman–Crippen LogP) is 4.20. The van der Waals surface area contributed by atoms with E-state index in [-0.39, 0.29) is 36.3 Å². The molecule has 0 bridgehead atoms. The Morgan fingerprint density at radius 3 is 2.34 bits per heavy atom. The summed E-state index contributed by atoms with van der Waals surface area (Å²) in [5.41, 5.74) is 1.95. The maximum absolute atomic E-state index is 13.6. The topological polar surface area (TPSA) is 70.6 Å². The molecular weight excluding hydrogens is 551 g/mol. The standard InChI is InChI=1S/C19H22Cl2FN3O2S.HI/c1-23-19(24-9-8-16-17(20)4-3-5-18(16)21)25-11-14-10-15(22)7-6-13(14)12-28(2,26)27;/h3-7,10H,8-9,11-12H2,1-2H3,(H2,23,24,25);1H. The Hall–Kier alpha value is -1.10. The Labute approximate surface area is 198 Å². The molecule has 2 aromatic carbocycles. The number of rotatable bonds is 7. The van der Waals surface area contributed by atoms with Gasteiger partial charge in [0, 0.05) is 36.4 Å². The van der Waals surface area contributed by atoms with Gasteiger partial charge in [-0.25, -0.2) is 12.8 Å². The molecule has 10 heteroatoms. The van der Waals surface area contributed by atoms with E-state index in [2.05, 4.69) is 15.6 Å². The van der Waals surface area contributed by atoms with Gasteiger partial charge in [0.25, 0.3) is 0 Å². The molecule has 0 aliphatic carbocycles. The van der Waals surface area contributed by atoms with Crippen molar-refractivity contribution in [1.82, 2.24) is 10.6 Å². The van der Waals surface area contributed by atoms with Crippen LogP contribution in [0, 0.1) is 5.82 Å². The second-order valence-electron chi connectivity index (χ2n) is 6.29. The monoisotopic (exact) mass is 573 g/mol. The van der Waals surface area contributed by atoms with Crippen LogP contribution in [0.2, 0.25) is 10.0 Å². The SMILES string of the molecule is CN=C(NCCc1c(Cl)cccc1Cl)NCc1cc(F)ccc1CS(C)(=O)=O.I. The minimum Gasteiger partial charge on any atom is -0.356 e. The van der Waals surface area contributed by atoms with E-state index >= 15 is 0 Å². The first-order valence-electron chi connectivity index (χ1n) is 8.52. The first-order valence-corrected chi connectivity index (χ1v) is 11.3. The molecule has 160 valence electrons. The van der Waals surface area contributed by atoms with Gasteiger partial charge in [-0.3, -0.25) is 4.99 Å². The second kappa shape index (κ2) is 11.9. The number of nitrogens with zero attached hydrogens (tertiary/aromatic N) is 1. The number of sulfone groups is 1. The highest BCUT2D eigenvalue weighted by atomic mass is 127. The first-order chi connectivity index (χ1) is 13.2. The molecule has 0 amide bonds. The van der Waals surface area contributed by atoms with Gasteiger partial charge in [0.15, 0.2) is 15.8 Å². The molecule has 0 aliphatic heterocycles. The predicted molar refractivity (Wildman–Crippen MR) is 129 cm³/mol. The number of guanidine groups is 1. The van der Waals surface area contributed by atoms with E-state index < -0.39 is 15.7 Å². The summed E-state index contributed by atoms with van der Waals surface area (Å²) in [6, 6.07) is 9.42. The van der Waals surface area contributed by atoms with Crippen LogP contribution in [0.1, 0.15) is 16.7 Å². The maximum atomic E-state index is 13.6. The average Bonchev–Trinajstić information content (AvgIpc) is 2.61. The van der Waals surface area contributed by atoms with Crippen molar-refractivity contribution in [2.24, 2.45) is 4.99 Å². The van der Waals surface area contributed by atoms with Gasteiger partial charge in [-0.2, -0.15) is 0 Å². The van der Waals surface area contributed by atoms with Crippen LogP contribution in [0.5, 0.6) is 0 Å². The molecule has 0 fully saturated rings. The van der Waals surface area contributed by atoms with E-state index in [1.54, 1.807) is 25.2 Å². The molecule has 5 nitrogen and oxygen atoms in total. The molecule has 0 spiro atoms. The van der Waals surface area contributed by atoms with Crippen molar-refractivity contribution < 1.29 is 12.8 Å². The summed E-state index contributed by atoms with van der Waals surface area (Å²) in [4.78, 5) is 4.12. The summed E-state index contributed by atoms with van der Waals surface area (Å²) < 4.78 is 36.8. The molecule has 0 radical (unpaired) electrons. The Kier molecular flexibility index (Phi) is 10.7. The van der Waals surface area contributed by atoms with Crippen molar-refractivity contribution in [3.63, 3.8) is 0 Å². The van der Waals surface area contributed by atoms with E-state index in [4.69, 9.17) is 23.2 Å². The van der Waals surface area contributed by atoms with Gasteiger partial charge in [-0.15, -0.1) is 24.0 Å². The van der Waals surface area contributed by atoms with E-state index in [0.29, 0.717) is 40.1 Å². The van der Waals surface area contributed by atoms with Crippen LogP contribution in [0.4, 0.5) is 4.39 Å². The van der Waals surface area contributed by atoms with Crippen LogP contribution in [-0.2, 0) is 28.6 Å². The molecule has 2 N–H and O–H groups in total. The van der Waals surface area contributed by atoms with Gasteiger partial charge in [0.1, 0.15) is 5.82 Å². The summed E-state index contributed by atoms with van der Waals surface area (Å²) in [6.45, 7) is 0.762. The lowest BCUT2D eigenvalue weighted by Crippen LogP contribution is -2.38. The Balaban J connectivity index is 0.00000420. The highest BCUT2D eigenvalue weighted by Crippen LogP contribution is 2.24. The summed E-state index contributed by atoms with van der Waals surface area (Å²) in [5.74, 6) is -0.0791. The maximum Gasteiger partial charge on any atom is 0.191 e. The first kappa shape index (κ1) is 25.9. The van der Waals surface area contributed by atoms with Gasteiger partial charge in [-0.05, 0) is 47.4 Å². The highest BCUT2D eigenvalue weighted by molar-refractivity contribution is 14.0. The third kappa shape index (κ3) is 8.65. The van der Waals surface area contributed by atoms with Crippen molar-refractivity contribution in [2.45, 2.75) is 18.7 Å². The normalized spacial score (nSPS) is 11.7. The molecule has 29 heavy (non-hydrogen) atoms. The van der Waals surface area contributed by atoms with Gasteiger partial charge < -0.3 is 10.6 Å². The lowest BCUT2D eigenvalue weighted by atomic mass is 10.1. The molecule has 2 rings (SSSR count). The fourth-order valence-electron chi connectivity index (χ4n) is 2.66. The molecule has 0 saturated heterocycles. The van der Waals surface area contributed by atoms with Crippen molar-refractivity contribution in [1.29, 1.82) is 0 Å². The zero-order valence-electron chi connectivity index (χ0n) is 16.0. The van der Waals surface area contributed by atoms with Crippen LogP contribution >= 0.6 is 47.2 Å². The molecule has 0 unspecified atom stereocenters. The van der Waals surface area contributed by atoms with Gasteiger partial charge in [0.05, 0.1) is 5.75 Å². The average molecular weight is 574 g/mol. The van der Waals surface area contributed by atoms with Gasteiger partial charge >= 0.3 is 0 Å². The van der Waals surface area contributed by atoms with Crippen molar-refractivity contribution in [2.75, 3.05) is 19.8 Å². The van der Waals surface area contributed by atoms with Gasteiger partial charge in [0.2, 0.25) is 0 Å². The zero-order valence-corrected chi connectivity index (χ0v) is 20.7. The minimum absolute atomic E-state index is 0. The van der Waals surface area contributed by atoms with Crippen LogP contribution in [0.3, 0.4) is 0 Å². The Morgan fingerprint density at radius 1 is 1.10 bits per heavy atom. The molecule has 0 atom stereocenters. The smallest absolute Gasteiger partial charge is 0.191 e. The van der Waals surface area contributed by atoms with Crippen molar-refractivity contribution in [3.8, 4) is 0 Å². The number of hydrogen-bond donors (Lipinski definition) is 2. The van der Waals surface area contributed by atoms with Crippen LogP contribution in [0.25, 0.3) is 0 Å². The van der Waals surface area contributed by atoms with E-state index in [9.17, 15) is 12.8 Å². The number of hydrogen-bond acceptors (Lipinski definition) is 3. The van der Waals surface area contributed by atoms with Crippen LogP contribution < -0.4 is 10.6 Å². The third-order valence-electron chi connectivity index (χ3n) is 3.99. The molecule has 0 heterocycles. The number of nitrogens with one attached hydrogen (secondary N) is 2. The lowest BCUT2D eigenvalue weighted by molar-refractivity contribution is 0.599. The number of halogens is 4. The summed E-state index contributed by atoms with van der Waals surface area (Å²) in [5, 5.41) is 7.40. The summed E-state index contributed by atoms with van der Waals surface area (Å²) >= 11 is 12.3. The third-order valence-corrected chi connectivity index (χ3v) is 5.53. The van der Waals surface area contributed by atoms with Gasteiger partial charge in [-0.1, -0.05) is 35.3 Å². The number of aliphatic imine (C=N–C) groups is 1. The summed E-state index contributed by atoms with van der Waals surface area (Å²) in [7, 11) is -1.62. The Bertz CT molecular complexity index is 952. The largest absolute Gasteiger partial charge is 0.356 e. The molecule has 2 aromatic rings. The van der Waals surface area contributed by atoms with Crippen LogP contribution in [-0.4, -0.2) is 34.2 Å². The zero-order chi connectivity index (χ0) is 20.7. The highest BCUT2D eigenvalue weighted by Gasteiger charge is 2.11. The molecule has 0 aromatic heterocycles.